The first-order chi connectivity index (χ1) is 14.1. The SMILES string of the molecule is O=C(COc1ccccc1-c1ccccc1)OCN1C(=O)c2ccccc2C1=O. The van der Waals surface area contributed by atoms with Gasteiger partial charge in [0.25, 0.3) is 11.8 Å². The number of imide groups is 1. The predicted molar refractivity (Wildman–Crippen MR) is 105 cm³/mol. The quantitative estimate of drug-likeness (QED) is 0.478. The Kier molecular flexibility index (Phi) is 5.07. The molecule has 0 saturated carbocycles. The highest BCUT2D eigenvalue weighted by Crippen LogP contribution is 2.29. The number of amides is 2. The van der Waals surface area contributed by atoms with Crippen molar-refractivity contribution < 1.29 is 23.9 Å². The Morgan fingerprint density at radius 3 is 1.93 bits per heavy atom. The molecule has 0 bridgehead atoms. The second kappa shape index (κ2) is 7.98. The molecule has 1 aliphatic rings. The number of para-hydroxylation sites is 1. The van der Waals surface area contributed by atoms with E-state index < -0.39 is 24.5 Å². The fourth-order valence-corrected chi connectivity index (χ4v) is 3.12. The van der Waals surface area contributed by atoms with E-state index in [1.807, 2.05) is 48.5 Å². The Morgan fingerprint density at radius 1 is 0.724 bits per heavy atom. The average molecular weight is 387 g/mol. The van der Waals surface area contributed by atoms with Crippen LogP contribution in [0.2, 0.25) is 0 Å². The van der Waals surface area contributed by atoms with E-state index in [2.05, 4.69) is 0 Å². The van der Waals surface area contributed by atoms with Crippen molar-refractivity contribution in [2.45, 2.75) is 0 Å². The predicted octanol–water partition coefficient (Wildman–Crippen LogP) is 3.53. The minimum absolute atomic E-state index is 0.307. The molecular weight excluding hydrogens is 370 g/mol. The maximum Gasteiger partial charge on any atom is 0.345 e. The monoisotopic (exact) mass is 387 g/mol. The van der Waals surface area contributed by atoms with Crippen LogP contribution < -0.4 is 4.74 Å². The Labute approximate surface area is 167 Å². The van der Waals surface area contributed by atoms with Gasteiger partial charge in [-0.05, 0) is 23.8 Å². The first kappa shape index (κ1) is 18.4. The molecule has 144 valence electrons. The number of benzene rings is 3. The largest absolute Gasteiger partial charge is 0.481 e. The van der Waals surface area contributed by atoms with Crippen LogP contribution in [-0.2, 0) is 9.53 Å². The maximum atomic E-state index is 12.3. The van der Waals surface area contributed by atoms with Gasteiger partial charge in [0.2, 0.25) is 0 Å². The van der Waals surface area contributed by atoms with Gasteiger partial charge in [0.1, 0.15) is 5.75 Å². The number of ether oxygens (including phenoxy) is 2. The van der Waals surface area contributed by atoms with Crippen molar-refractivity contribution >= 4 is 17.8 Å². The van der Waals surface area contributed by atoms with Crippen molar-refractivity contribution in [2.75, 3.05) is 13.3 Å². The molecule has 3 aromatic carbocycles. The molecule has 6 heteroatoms. The molecule has 3 aromatic rings. The maximum absolute atomic E-state index is 12.3. The van der Waals surface area contributed by atoms with E-state index in [0.29, 0.717) is 16.9 Å². The Hall–Kier alpha value is -3.93. The molecule has 1 heterocycles. The summed E-state index contributed by atoms with van der Waals surface area (Å²) in [6, 6.07) is 23.5. The molecule has 29 heavy (non-hydrogen) atoms. The van der Waals surface area contributed by atoms with Crippen molar-refractivity contribution in [3.8, 4) is 16.9 Å². The fraction of sp³-hybridized carbons (Fsp3) is 0.0870. The molecule has 0 atom stereocenters. The van der Waals surface area contributed by atoms with Crippen LogP contribution in [0.5, 0.6) is 5.75 Å². The van der Waals surface area contributed by atoms with Crippen LogP contribution in [0.4, 0.5) is 0 Å². The molecule has 0 saturated heterocycles. The third-order valence-corrected chi connectivity index (χ3v) is 4.55. The number of carbonyl (C=O) groups is 3. The van der Waals surface area contributed by atoms with Gasteiger partial charge in [-0.15, -0.1) is 0 Å². The van der Waals surface area contributed by atoms with Crippen LogP contribution in [-0.4, -0.2) is 36.0 Å². The molecule has 0 N–H and O–H groups in total. The van der Waals surface area contributed by atoms with E-state index in [1.54, 1.807) is 30.3 Å². The summed E-state index contributed by atoms with van der Waals surface area (Å²) in [5.41, 5.74) is 2.42. The van der Waals surface area contributed by atoms with Gasteiger partial charge in [-0.2, -0.15) is 0 Å². The summed E-state index contributed by atoms with van der Waals surface area (Å²) in [7, 11) is 0. The molecule has 4 rings (SSSR count). The van der Waals surface area contributed by atoms with E-state index in [4.69, 9.17) is 9.47 Å². The topological polar surface area (TPSA) is 72.9 Å². The van der Waals surface area contributed by atoms with Crippen molar-refractivity contribution in [1.82, 2.24) is 4.90 Å². The van der Waals surface area contributed by atoms with Gasteiger partial charge >= 0.3 is 5.97 Å². The molecule has 2 amide bonds. The Bertz CT molecular complexity index is 1040. The van der Waals surface area contributed by atoms with E-state index in [0.717, 1.165) is 16.0 Å². The fourth-order valence-electron chi connectivity index (χ4n) is 3.12. The lowest BCUT2D eigenvalue weighted by Crippen LogP contribution is -2.34. The number of esters is 1. The number of fused-ring (bicyclic) bond motifs is 1. The summed E-state index contributed by atoms with van der Waals surface area (Å²) in [4.78, 5) is 37.6. The zero-order chi connectivity index (χ0) is 20.2. The number of hydrogen-bond donors (Lipinski definition) is 0. The molecule has 0 radical (unpaired) electrons. The van der Waals surface area contributed by atoms with E-state index in [1.165, 1.54) is 0 Å². The van der Waals surface area contributed by atoms with Crippen LogP contribution in [0.15, 0.2) is 78.9 Å². The second-order valence-corrected chi connectivity index (χ2v) is 6.38. The van der Waals surface area contributed by atoms with Crippen LogP contribution in [0.3, 0.4) is 0 Å². The second-order valence-electron chi connectivity index (χ2n) is 6.38. The van der Waals surface area contributed by atoms with Crippen LogP contribution >= 0.6 is 0 Å². The van der Waals surface area contributed by atoms with Gasteiger partial charge in [-0.25, -0.2) is 9.69 Å². The summed E-state index contributed by atoms with van der Waals surface area (Å²) in [6.07, 6.45) is 0. The lowest BCUT2D eigenvalue weighted by molar-refractivity contribution is -0.148. The van der Waals surface area contributed by atoms with Gasteiger partial charge in [-0.1, -0.05) is 60.7 Å². The summed E-state index contributed by atoms with van der Waals surface area (Å²) in [5, 5.41) is 0. The molecule has 6 nitrogen and oxygen atoms in total. The van der Waals surface area contributed by atoms with Crippen LogP contribution in [0, 0.1) is 0 Å². The average Bonchev–Trinajstić information content (AvgIpc) is 3.01. The zero-order valence-corrected chi connectivity index (χ0v) is 15.4. The first-order valence-corrected chi connectivity index (χ1v) is 9.03. The summed E-state index contributed by atoms with van der Waals surface area (Å²) < 4.78 is 10.7. The molecule has 0 unspecified atom stereocenters. The van der Waals surface area contributed by atoms with Crippen molar-refractivity contribution in [1.29, 1.82) is 0 Å². The summed E-state index contributed by atoms with van der Waals surface area (Å²) >= 11 is 0. The van der Waals surface area contributed by atoms with Gasteiger partial charge in [0.05, 0.1) is 11.1 Å². The van der Waals surface area contributed by atoms with Gasteiger partial charge in [-0.3, -0.25) is 9.59 Å². The zero-order valence-electron chi connectivity index (χ0n) is 15.4. The highest BCUT2D eigenvalue weighted by atomic mass is 16.6. The Morgan fingerprint density at radius 2 is 1.28 bits per heavy atom. The lowest BCUT2D eigenvalue weighted by Gasteiger charge is -2.15. The third kappa shape index (κ3) is 3.73. The number of nitrogens with zero attached hydrogens (tertiary/aromatic N) is 1. The molecular formula is C23H17NO5. The highest BCUT2D eigenvalue weighted by molar-refractivity contribution is 6.21. The normalized spacial score (nSPS) is 12.6. The third-order valence-electron chi connectivity index (χ3n) is 4.55. The summed E-state index contributed by atoms with van der Waals surface area (Å²) in [5.74, 6) is -1.09. The smallest absolute Gasteiger partial charge is 0.345 e. The molecule has 0 aromatic heterocycles. The molecule has 1 aliphatic heterocycles. The van der Waals surface area contributed by atoms with E-state index >= 15 is 0 Å². The number of carbonyl (C=O) groups excluding carboxylic acids is 3. The summed E-state index contributed by atoms with van der Waals surface area (Å²) in [6.45, 7) is -0.790. The van der Waals surface area contributed by atoms with Gasteiger partial charge in [0.15, 0.2) is 13.3 Å². The number of rotatable bonds is 6. The standard InChI is InChI=1S/C23H17NO5/c25-21(29-15-24-22(26)18-11-4-5-12-19(18)23(24)27)14-28-20-13-7-6-10-17(20)16-8-2-1-3-9-16/h1-13H,14-15H2. The molecule has 0 aliphatic carbocycles. The first-order valence-electron chi connectivity index (χ1n) is 9.03. The van der Waals surface area contributed by atoms with Gasteiger partial charge in [0, 0.05) is 5.56 Å². The van der Waals surface area contributed by atoms with Crippen molar-refractivity contribution in [3.63, 3.8) is 0 Å². The number of hydrogen-bond acceptors (Lipinski definition) is 5. The van der Waals surface area contributed by atoms with Gasteiger partial charge < -0.3 is 9.47 Å². The molecule has 0 fully saturated rings. The minimum Gasteiger partial charge on any atom is -0.481 e. The Balaban J connectivity index is 1.37. The van der Waals surface area contributed by atoms with E-state index in [9.17, 15) is 14.4 Å². The van der Waals surface area contributed by atoms with Crippen molar-refractivity contribution in [2.24, 2.45) is 0 Å². The molecule has 0 spiro atoms. The minimum atomic E-state index is -0.676. The van der Waals surface area contributed by atoms with Crippen LogP contribution in [0.25, 0.3) is 11.1 Å². The van der Waals surface area contributed by atoms with E-state index in [-0.39, 0.29) is 6.61 Å². The highest BCUT2D eigenvalue weighted by Gasteiger charge is 2.35. The van der Waals surface area contributed by atoms with Crippen LogP contribution in [0.1, 0.15) is 20.7 Å². The van der Waals surface area contributed by atoms with Crippen molar-refractivity contribution in [3.05, 3.63) is 90.0 Å². The lowest BCUT2D eigenvalue weighted by atomic mass is 10.1.